The molecular weight excluding hydrogens is 304 g/mol. The van der Waals surface area contributed by atoms with E-state index in [2.05, 4.69) is 64.1 Å². The largest absolute Gasteiger partial charge is 0.507 e. The van der Waals surface area contributed by atoms with Crippen molar-refractivity contribution < 1.29 is 5.11 Å². The predicted octanol–water partition coefficient (Wildman–Crippen LogP) is 5.56. The third-order valence-electron chi connectivity index (χ3n) is 3.87. The first-order valence-electron chi connectivity index (χ1n) is 7.66. The second-order valence-electron chi connectivity index (χ2n) is 7.87. The predicted molar refractivity (Wildman–Crippen MR) is 96.8 cm³/mol. The van der Waals surface area contributed by atoms with E-state index in [0.29, 0.717) is 5.75 Å². The summed E-state index contributed by atoms with van der Waals surface area (Å²) in [5, 5.41) is 22.5. The molecule has 0 amide bonds. The first-order valence-corrected chi connectivity index (χ1v) is 8.48. The first kappa shape index (κ1) is 17.5. The van der Waals surface area contributed by atoms with Crippen LogP contribution >= 0.6 is 11.8 Å². The zero-order valence-electron chi connectivity index (χ0n) is 14.6. The molecule has 0 saturated heterocycles. The summed E-state index contributed by atoms with van der Waals surface area (Å²) < 4.78 is 0. The Morgan fingerprint density at radius 1 is 0.957 bits per heavy atom. The molecule has 2 rings (SSSR count). The van der Waals surface area contributed by atoms with E-state index in [0.717, 1.165) is 39.0 Å². The van der Waals surface area contributed by atoms with Crippen LogP contribution in [-0.4, -0.2) is 10.1 Å². The van der Waals surface area contributed by atoms with Crippen LogP contribution in [0.3, 0.4) is 0 Å². The van der Waals surface area contributed by atoms with E-state index < -0.39 is 0 Å². The molecule has 0 atom stereocenters. The van der Waals surface area contributed by atoms with Crippen LogP contribution in [0.5, 0.6) is 5.75 Å². The number of nitrogens with one attached hydrogen (secondary N) is 1. The van der Waals surface area contributed by atoms with Crippen LogP contribution in [0, 0.1) is 10.7 Å². The summed E-state index contributed by atoms with van der Waals surface area (Å²) >= 11 is 1.11. The van der Waals surface area contributed by atoms with E-state index in [9.17, 15) is 5.11 Å². The Morgan fingerprint density at radius 3 is 1.91 bits per heavy atom. The minimum atomic E-state index is -0.152. The molecule has 0 aliphatic carbocycles. The van der Waals surface area contributed by atoms with Gasteiger partial charge in [0.15, 0.2) is 0 Å². The molecule has 23 heavy (non-hydrogen) atoms. The molecule has 0 aliphatic rings. The molecule has 0 fully saturated rings. The van der Waals surface area contributed by atoms with Gasteiger partial charge in [-0.2, -0.15) is 5.26 Å². The van der Waals surface area contributed by atoms with Gasteiger partial charge in [-0.25, -0.2) is 0 Å². The number of thiocyanates is 1. The molecule has 0 spiro atoms. The summed E-state index contributed by atoms with van der Waals surface area (Å²) in [6, 6.07) is 6.07. The Bertz CT molecular complexity index is 720. The molecule has 1 aromatic carbocycles. The number of phenols is 1. The maximum atomic E-state index is 10.8. The summed E-state index contributed by atoms with van der Waals surface area (Å²) in [6.45, 7) is 12.6. The number of H-pyrrole nitrogens is 1. The number of thioether (sulfide) groups is 1. The number of hydrogen-bond donors (Lipinski definition) is 2. The highest BCUT2D eigenvalue weighted by Gasteiger charge is 2.26. The lowest BCUT2D eigenvalue weighted by atomic mass is 9.78. The van der Waals surface area contributed by atoms with Crippen molar-refractivity contribution in [3.63, 3.8) is 0 Å². The van der Waals surface area contributed by atoms with Gasteiger partial charge in [-0.05, 0) is 34.6 Å². The lowest BCUT2D eigenvalue weighted by molar-refractivity contribution is 0.423. The van der Waals surface area contributed by atoms with Crippen molar-refractivity contribution in [1.82, 2.24) is 4.98 Å². The summed E-state index contributed by atoms with van der Waals surface area (Å²) in [7, 11) is 0. The fourth-order valence-electron chi connectivity index (χ4n) is 2.59. The van der Waals surface area contributed by atoms with Gasteiger partial charge in [-0.1, -0.05) is 41.5 Å². The van der Waals surface area contributed by atoms with Crippen LogP contribution in [0.15, 0.2) is 29.4 Å². The molecule has 2 aromatic rings. The lowest BCUT2D eigenvalue weighted by Crippen LogP contribution is -2.17. The minimum absolute atomic E-state index is 0.152. The maximum Gasteiger partial charge on any atom is 0.140 e. The molecule has 1 heterocycles. The van der Waals surface area contributed by atoms with Gasteiger partial charge in [0, 0.05) is 34.6 Å². The molecule has 3 nitrogen and oxygen atoms in total. The lowest BCUT2D eigenvalue weighted by Gasteiger charge is -2.28. The molecule has 1 aromatic heterocycles. The smallest absolute Gasteiger partial charge is 0.140 e. The van der Waals surface area contributed by atoms with Gasteiger partial charge in [0.05, 0.1) is 5.03 Å². The zero-order chi connectivity index (χ0) is 17.4. The topological polar surface area (TPSA) is 59.8 Å². The Labute approximate surface area is 142 Å². The Hall–Kier alpha value is -1.86. The second kappa shape index (κ2) is 5.98. The van der Waals surface area contributed by atoms with Gasteiger partial charge < -0.3 is 10.1 Å². The van der Waals surface area contributed by atoms with Gasteiger partial charge in [-0.15, -0.1) is 0 Å². The number of nitriles is 1. The first-order chi connectivity index (χ1) is 10.5. The average Bonchev–Trinajstić information content (AvgIpc) is 2.85. The van der Waals surface area contributed by atoms with Crippen molar-refractivity contribution in [2.45, 2.75) is 57.4 Å². The van der Waals surface area contributed by atoms with Gasteiger partial charge in [-0.3, -0.25) is 0 Å². The molecule has 4 heteroatoms. The average molecular weight is 328 g/mol. The molecule has 2 N–H and O–H groups in total. The van der Waals surface area contributed by atoms with Crippen molar-refractivity contribution >= 4 is 11.8 Å². The number of aromatic hydroxyl groups is 1. The van der Waals surface area contributed by atoms with Gasteiger partial charge in [0.25, 0.3) is 0 Å². The highest BCUT2D eigenvalue weighted by Crippen LogP contribution is 2.42. The monoisotopic (exact) mass is 328 g/mol. The van der Waals surface area contributed by atoms with E-state index in [1.807, 2.05) is 12.3 Å². The number of rotatable bonds is 2. The second-order valence-corrected chi connectivity index (χ2v) is 8.69. The van der Waals surface area contributed by atoms with Crippen molar-refractivity contribution in [2.75, 3.05) is 0 Å². The molecule has 0 aliphatic heterocycles. The molecule has 0 saturated carbocycles. The zero-order valence-corrected chi connectivity index (χ0v) is 15.4. The van der Waals surface area contributed by atoms with Crippen molar-refractivity contribution in [3.05, 3.63) is 35.5 Å². The van der Waals surface area contributed by atoms with E-state index in [-0.39, 0.29) is 10.8 Å². The van der Waals surface area contributed by atoms with Crippen molar-refractivity contribution in [2.24, 2.45) is 0 Å². The van der Waals surface area contributed by atoms with Crippen LogP contribution in [-0.2, 0) is 10.8 Å². The third-order valence-corrected chi connectivity index (χ3v) is 4.42. The number of phenolic OH excluding ortho intramolecular Hbond substituents is 1. The van der Waals surface area contributed by atoms with Gasteiger partial charge in [0.1, 0.15) is 11.2 Å². The quantitative estimate of drug-likeness (QED) is 0.561. The van der Waals surface area contributed by atoms with Crippen LogP contribution in [0.1, 0.15) is 52.7 Å². The Kier molecular flexibility index (Phi) is 4.54. The number of hydrogen-bond acceptors (Lipinski definition) is 3. The highest BCUT2D eigenvalue weighted by atomic mass is 32.2. The van der Waals surface area contributed by atoms with E-state index >= 15 is 0 Å². The number of aromatic nitrogens is 1. The van der Waals surface area contributed by atoms with Crippen LogP contribution < -0.4 is 0 Å². The number of nitrogens with zero attached hydrogens (tertiary/aromatic N) is 1. The maximum absolute atomic E-state index is 10.8. The summed E-state index contributed by atoms with van der Waals surface area (Å²) in [4.78, 5) is 3.11. The van der Waals surface area contributed by atoms with Crippen molar-refractivity contribution in [3.8, 4) is 22.3 Å². The Morgan fingerprint density at radius 2 is 1.48 bits per heavy atom. The summed E-state index contributed by atoms with van der Waals surface area (Å²) in [5.41, 5.74) is 3.66. The molecule has 0 bridgehead atoms. The number of aromatic amines is 1. The third kappa shape index (κ3) is 3.73. The van der Waals surface area contributed by atoms with Gasteiger partial charge in [0.2, 0.25) is 0 Å². The highest BCUT2D eigenvalue weighted by molar-refractivity contribution is 8.03. The van der Waals surface area contributed by atoms with E-state index in [1.165, 1.54) is 0 Å². The summed E-state index contributed by atoms with van der Waals surface area (Å²) in [6.07, 6.45) is 1.91. The molecule has 0 radical (unpaired) electrons. The number of benzene rings is 1. The van der Waals surface area contributed by atoms with Crippen molar-refractivity contribution in [1.29, 1.82) is 5.26 Å². The van der Waals surface area contributed by atoms with Gasteiger partial charge >= 0.3 is 0 Å². The molecule has 122 valence electrons. The Balaban J connectivity index is 2.66. The van der Waals surface area contributed by atoms with E-state index in [1.54, 1.807) is 0 Å². The summed E-state index contributed by atoms with van der Waals surface area (Å²) in [5.74, 6) is 0.385. The fraction of sp³-hybridized carbons (Fsp3) is 0.421. The van der Waals surface area contributed by atoms with Crippen LogP contribution in [0.4, 0.5) is 0 Å². The normalized spacial score (nSPS) is 12.2. The SMILES string of the molecule is CC(C)(C)c1cc(-c2c[nH]c(SC#N)c2)cc(C(C)(C)C)c1O. The standard InChI is InChI=1S/C19H24N2OS/c1-18(2,3)14-7-12(8-15(17(14)22)19(4,5)6)13-9-16(21-10-13)23-11-20/h7-10,21-22H,1-6H3. The van der Waals surface area contributed by atoms with Crippen LogP contribution in [0.2, 0.25) is 0 Å². The fourth-order valence-corrected chi connectivity index (χ4v) is 2.99. The molecule has 0 unspecified atom stereocenters. The van der Waals surface area contributed by atoms with E-state index in [4.69, 9.17) is 5.26 Å². The molecular formula is C19H24N2OS. The van der Waals surface area contributed by atoms with Crippen LogP contribution in [0.25, 0.3) is 11.1 Å². The minimum Gasteiger partial charge on any atom is -0.507 e.